The molecule has 3 heterocycles. The third kappa shape index (κ3) is 5.28. The van der Waals surface area contributed by atoms with Crippen molar-refractivity contribution in [3.63, 3.8) is 0 Å². The smallest absolute Gasteiger partial charge is 0.293 e. The Bertz CT molecular complexity index is 1300. The lowest BCUT2D eigenvalue weighted by Gasteiger charge is -2.32. The molecule has 0 bridgehead atoms. The summed E-state index contributed by atoms with van der Waals surface area (Å²) in [6.45, 7) is 3.45. The van der Waals surface area contributed by atoms with Gasteiger partial charge in [0.05, 0.1) is 10.9 Å². The molecule has 5 rings (SSSR count). The van der Waals surface area contributed by atoms with Crippen LogP contribution in [-0.4, -0.2) is 64.1 Å². The number of carbonyl (C=O) groups is 2. The quantitative estimate of drug-likeness (QED) is 0.307. The summed E-state index contributed by atoms with van der Waals surface area (Å²) in [6.07, 6.45) is 7.49. The Labute approximate surface area is 203 Å². The van der Waals surface area contributed by atoms with Crippen molar-refractivity contribution in [2.75, 3.05) is 32.0 Å². The Balaban J connectivity index is 1.37. The van der Waals surface area contributed by atoms with Crippen LogP contribution in [0, 0.1) is 11.8 Å². The molecule has 1 amide bonds. The first-order chi connectivity index (χ1) is 17.1. The molecule has 2 aliphatic rings. The van der Waals surface area contributed by atoms with Crippen LogP contribution in [0.15, 0.2) is 36.8 Å². The molecule has 180 valence electrons. The highest BCUT2D eigenvalue weighted by molar-refractivity contribution is 5.95. The highest BCUT2D eigenvalue weighted by atomic mass is 16.5. The van der Waals surface area contributed by atoms with Crippen LogP contribution in [0.5, 0.6) is 0 Å². The zero-order valence-electron chi connectivity index (χ0n) is 19.4. The molecule has 2 fully saturated rings. The molecule has 0 radical (unpaired) electrons. The first kappa shape index (κ1) is 22.9. The molecule has 1 aliphatic heterocycles. The largest absolute Gasteiger partial charge is 0.467 e. The van der Waals surface area contributed by atoms with E-state index >= 15 is 0 Å². The molecule has 9 nitrogen and oxygen atoms in total. The average molecular weight is 473 g/mol. The first-order valence-electron chi connectivity index (χ1n) is 11.9. The lowest BCUT2D eigenvalue weighted by molar-refractivity contribution is -0.129. The Kier molecular flexibility index (Phi) is 6.64. The molecule has 3 aromatic rings. The standard InChI is InChI=1S/C26H28N6O3/c27-24-23-20(5-4-18-2-1-3-19(14-18)26(34)30-21-6-7-21)15-32(25(23)29-16-28-24)22-8-10-31(11-9-22)12-13-35-17-33/h1-3,14-17,21-22H,6-13H2,(H,30,34)(H2,27,28,29). The highest BCUT2D eigenvalue weighted by Gasteiger charge is 2.25. The van der Waals surface area contributed by atoms with Gasteiger partial charge in [-0.3, -0.25) is 14.5 Å². The fourth-order valence-corrected chi connectivity index (χ4v) is 4.51. The van der Waals surface area contributed by atoms with Gasteiger partial charge < -0.3 is 20.4 Å². The van der Waals surface area contributed by atoms with Crippen molar-refractivity contribution in [3.8, 4) is 11.8 Å². The number of ether oxygens (including phenoxy) is 1. The van der Waals surface area contributed by atoms with Gasteiger partial charge in [0.2, 0.25) is 0 Å². The number of nitrogens with two attached hydrogens (primary N) is 1. The monoisotopic (exact) mass is 472 g/mol. The normalized spacial score (nSPS) is 16.5. The second kappa shape index (κ2) is 10.2. The van der Waals surface area contributed by atoms with Crippen LogP contribution in [0.3, 0.4) is 0 Å². The summed E-state index contributed by atoms with van der Waals surface area (Å²) < 4.78 is 6.99. The number of piperidine rings is 1. The minimum absolute atomic E-state index is 0.0607. The van der Waals surface area contributed by atoms with E-state index in [-0.39, 0.29) is 11.9 Å². The molecule has 1 saturated heterocycles. The highest BCUT2D eigenvalue weighted by Crippen LogP contribution is 2.31. The maximum absolute atomic E-state index is 12.4. The molecule has 1 aromatic carbocycles. The molecule has 2 aromatic heterocycles. The molecule has 3 N–H and O–H groups in total. The van der Waals surface area contributed by atoms with Crippen LogP contribution in [0.2, 0.25) is 0 Å². The number of nitrogen functional groups attached to an aromatic ring is 1. The summed E-state index contributed by atoms with van der Waals surface area (Å²) in [5.41, 5.74) is 9.16. The number of anilines is 1. The lowest BCUT2D eigenvalue weighted by Crippen LogP contribution is -2.36. The van der Waals surface area contributed by atoms with Gasteiger partial charge in [0.1, 0.15) is 24.4 Å². The van der Waals surface area contributed by atoms with E-state index in [1.807, 2.05) is 24.4 Å². The Hall–Kier alpha value is -3.90. The zero-order valence-corrected chi connectivity index (χ0v) is 19.4. The third-order valence-corrected chi connectivity index (χ3v) is 6.56. The van der Waals surface area contributed by atoms with Gasteiger partial charge in [-0.15, -0.1) is 0 Å². The van der Waals surface area contributed by atoms with Gasteiger partial charge in [-0.05, 0) is 43.9 Å². The van der Waals surface area contributed by atoms with Crippen molar-refractivity contribution in [2.24, 2.45) is 0 Å². The molecule has 1 aliphatic carbocycles. The summed E-state index contributed by atoms with van der Waals surface area (Å²) in [5.74, 6) is 6.78. The number of amides is 1. The lowest BCUT2D eigenvalue weighted by atomic mass is 10.0. The zero-order chi connectivity index (χ0) is 24.2. The third-order valence-electron chi connectivity index (χ3n) is 6.56. The Morgan fingerprint density at radius 2 is 2.03 bits per heavy atom. The van der Waals surface area contributed by atoms with Gasteiger partial charge in [0.25, 0.3) is 12.4 Å². The molecular formula is C26H28N6O3. The van der Waals surface area contributed by atoms with Crippen LogP contribution < -0.4 is 11.1 Å². The molecular weight excluding hydrogens is 444 g/mol. The topological polar surface area (TPSA) is 115 Å². The predicted octanol–water partition coefficient (Wildman–Crippen LogP) is 2.12. The number of nitrogens with zero attached hydrogens (tertiary/aromatic N) is 4. The van der Waals surface area contributed by atoms with Crippen LogP contribution in [0.4, 0.5) is 5.82 Å². The van der Waals surface area contributed by atoms with E-state index in [4.69, 9.17) is 10.5 Å². The minimum atomic E-state index is -0.0607. The van der Waals surface area contributed by atoms with E-state index in [0.717, 1.165) is 67.5 Å². The van der Waals surface area contributed by atoms with Gasteiger partial charge in [-0.1, -0.05) is 17.9 Å². The van der Waals surface area contributed by atoms with Crippen LogP contribution in [0.25, 0.3) is 11.0 Å². The predicted molar refractivity (Wildman–Crippen MR) is 132 cm³/mol. The van der Waals surface area contributed by atoms with Crippen LogP contribution in [0.1, 0.15) is 53.2 Å². The van der Waals surface area contributed by atoms with E-state index in [2.05, 4.69) is 36.6 Å². The van der Waals surface area contributed by atoms with Gasteiger partial charge in [-0.2, -0.15) is 0 Å². The SMILES string of the molecule is Nc1ncnc2c1c(C#Cc1cccc(C(=O)NC3CC3)c1)cn2C1CCN(CCOC=O)CC1. The molecule has 0 spiro atoms. The van der Waals surface area contributed by atoms with Gasteiger partial charge in [0, 0.05) is 49.0 Å². The van der Waals surface area contributed by atoms with E-state index in [0.29, 0.717) is 30.5 Å². The summed E-state index contributed by atoms with van der Waals surface area (Å²) >= 11 is 0. The van der Waals surface area contributed by atoms with Crippen molar-refractivity contribution in [1.29, 1.82) is 0 Å². The molecule has 0 atom stereocenters. The van der Waals surface area contributed by atoms with Gasteiger partial charge in [0.15, 0.2) is 0 Å². The number of hydrogen-bond acceptors (Lipinski definition) is 7. The number of likely N-dealkylation sites (tertiary alicyclic amines) is 1. The second-order valence-electron chi connectivity index (χ2n) is 9.03. The van der Waals surface area contributed by atoms with Crippen molar-refractivity contribution in [1.82, 2.24) is 24.8 Å². The van der Waals surface area contributed by atoms with E-state index in [9.17, 15) is 9.59 Å². The Morgan fingerprint density at radius 3 is 2.80 bits per heavy atom. The number of benzene rings is 1. The van der Waals surface area contributed by atoms with Gasteiger partial charge >= 0.3 is 0 Å². The maximum atomic E-state index is 12.4. The van der Waals surface area contributed by atoms with Crippen molar-refractivity contribution in [3.05, 3.63) is 53.5 Å². The number of hydrogen-bond donors (Lipinski definition) is 2. The van der Waals surface area contributed by atoms with E-state index in [1.54, 1.807) is 6.07 Å². The molecule has 35 heavy (non-hydrogen) atoms. The average Bonchev–Trinajstić information content (AvgIpc) is 3.61. The summed E-state index contributed by atoms with van der Waals surface area (Å²) in [4.78, 5) is 33.8. The van der Waals surface area contributed by atoms with Crippen LogP contribution >= 0.6 is 0 Å². The number of fused-ring (bicyclic) bond motifs is 1. The first-order valence-corrected chi connectivity index (χ1v) is 11.9. The van der Waals surface area contributed by atoms with E-state index < -0.39 is 0 Å². The van der Waals surface area contributed by atoms with Crippen molar-refractivity contribution in [2.45, 2.75) is 37.8 Å². The number of carbonyl (C=O) groups excluding carboxylic acids is 2. The number of rotatable bonds is 7. The molecule has 9 heteroatoms. The molecule has 0 unspecified atom stereocenters. The second-order valence-corrected chi connectivity index (χ2v) is 9.03. The number of aromatic nitrogens is 3. The van der Waals surface area contributed by atoms with Crippen LogP contribution in [-0.2, 0) is 9.53 Å². The summed E-state index contributed by atoms with van der Waals surface area (Å²) in [5, 5.41) is 3.76. The fourth-order valence-electron chi connectivity index (χ4n) is 4.51. The summed E-state index contributed by atoms with van der Waals surface area (Å²) in [7, 11) is 0. The minimum Gasteiger partial charge on any atom is -0.467 e. The summed E-state index contributed by atoms with van der Waals surface area (Å²) in [6, 6.07) is 7.93. The Morgan fingerprint density at radius 1 is 1.20 bits per heavy atom. The van der Waals surface area contributed by atoms with Crippen molar-refractivity contribution < 1.29 is 14.3 Å². The number of nitrogens with one attached hydrogen (secondary N) is 1. The fraction of sp³-hybridized carbons (Fsp3) is 0.385. The maximum Gasteiger partial charge on any atom is 0.293 e. The molecule has 1 saturated carbocycles. The van der Waals surface area contributed by atoms with Gasteiger partial charge in [-0.25, -0.2) is 9.97 Å². The van der Waals surface area contributed by atoms with Crippen molar-refractivity contribution >= 4 is 29.2 Å². The van der Waals surface area contributed by atoms with E-state index in [1.165, 1.54) is 6.33 Å².